The Kier molecular flexibility index (Phi) is 8.39. The molecule has 178 valence electrons. The number of carbonyl (C=O) groups excluding carboxylic acids is 1. The standard InChI is InChI=1S/C20H31N5O5S2/c1-15-10-25(16(2)13-26)19(27)6-4-8-24-11-17(21-22-24)14-30-18(15)12-23(3)32(28,29)20-7-5-9-31-20/h5,7,9,11,15-16,18,26H,4,6,8,10,12-14H2,1-3H3/t15-,16-,18-/m0/s1. The smallest absolute Gasteiger partial charge is 0.252 e. The molecule has 3 heterocycles. The molecule has 0 aliphatic carbocycles. The van der Waals surface area contributed by atoms with Crippen molar-refractivity contribution in [3.63, 3.8) is 0 Å². The van der Waals surface area contributed by atoms with Gasteiger partial charge in [-0.15, -0.1) is 16.4 Å². The SMILES string of the molecule is C[C@H]1CN([C@@H](C)CO)C(=O)CCCn2cc(nn2)CO[C@H]1CN(C)S(=O)(=O)c1cccs1. The molecule has 1 aliphatic rings. The number of carbonyl (C=O) groups is 1. The van der Waals surface area contributed by atoms with Crippen molar-refractivity contribution in [3.05, 3.63) is 29.4 Å². The monoisotopic (exact) mass is 485 g/mol. The van der Waals surface area contributed by atoms with Crippen molar-refractivity contribution in [2.75, 3.05) is 26.7 Å². The number of amides is 1. The number of sulfonamides is 1. The van der Waals surface area contributed by atoms with Gasteiger partial charge in [-0.1, -0.05) is 18.2 Å². The first-order valence-electron chi connectivity index (χ1n) is 10.6. The van der Waals surface area contributed by atoms with Gasteiger partial charge in [-0.2, -0.15) is 4.31 Å². The van der Waals surface area contributed by atoms with E-state index >= 15 is 0 Å². The molecular formula is C20H31N5O5S2. The van der Waals surface area contributed by atoms with Crippen molar-refractivity contribution in [1.29, 1.82) is 0 Å². The Bertz CT molecular complexity index is 978. The van der Waals surface area contributed by atoms with Gasteiger partial charge in [0.15, 0.2) is 0 Å². The van der Waals surface area contributed by atoms with E-state index in [4.69, 9.17) is 4.74 Å². The van der Waals surface area contributed by atoms with Crippen molar-refractivity contribution in [1.82, 2.24) is 24.2 Å². The molecular weight excluding hydrogens is 454 g/mol. The van der Waals surface area contributed by atoms with Gasteiger partial charge in [-0.3, -0.25) is 9.48 Å². The minimum atomic E-state index is -3.64. The fourth-order valence-corrected chi connectivity index (χ4v) is 5.99. The van der Waals surface area contributed by atoms with Gasteiger partial charge in [0.05, 0.1) is 31.6 Å². The van der Waals surface area contributed by atoms with E-state index < -0.39 is 16.1 Å². The highest BCUT2D eigenvalue weighted by Crippen LogP contribution is 2.23. The van der Waals surface area contributed by atoms with Gasteiger partial charge >= 0.3 is 0 Å². The Morgan fingerprint density at radius 3 is 2.91 bits per heavy atom. The van der Waals surface area contributed by atoms with E-state index in [2.05, 4.69) is 10.3 Å². The van der Waals surface area contributed by atoms with Crippen LogP contribution in [0.2, 0.25) is 0 Å². The minimum absolute atomic E-state index is 0.0590. The number of thiophene rings is 1. The van der Waals surface area contributed by atoms with Crippen LogP contribution in [0, 0.1) is 5.92 Å². The first kappa shape index (κ1) is 24.8. The molecule has 2 aromatic rings. The Morgan fingerprint density at radius 1 is 1.44 bits per heavy atom. The summed E-state index contributed by atoms with van der Waals surface area (Å²) in [6.07, 6.45) is 2.22. The Labute approximate surface area is 192 Å². The lowest BCUT2D eigenvalue weighted by molar-refractivity contribution is -0.136. The molecule has 1 aliphatic heterocycles. The summed E-state index contributed by atoms with van der Waals surface area (Å²) in [5, 5.41) is 19.6. The number of fused-ring (bicyclic) bond motifs is 2. The number of likely N-dealkylation sites (N-methyl/N-ethyl adjacent to an activating group) is 1. The molecule has 12 heteroatoms. The molecule has 0 saturated heterocycles. The zero-order valence-corrected chi connectivity index (χ0v) is 20.3. The number of hydrogen-bond donors (Lipinski definition) is 1. The second-order valence-corrected chi connectivity index (χ2v) is 11.4. The molecule has 0 unspecified atom stereocenters. The first-order valence-corrected chi connectivity index (χ1v) is 12.9. The molecule has 2 aromatic heterocycles. The quantitative estimate of drug-likeness (QED) is 0.653. The Balaban J connectivity index is 1.84. The van der Waals surface area contributed by atoms with Crippen LogP contribution in [0.3, 0.4) is 0 Å². The van der Waals surface area contributed by atoms with Gasteiger partial charge in [0, 0.05) is 39.0 Å². The van der Waals surface area contributed by atoms with Crippen LogP contribution in [0.5, 0.6) is 0 Å². The number of aliphatic hydroxyl groups is 1. The van der Waals surface area contributed by atoms with E-state index in [1.807, 2.05) is 6.92 Å². The lowest BCUT2D eigenvalue weighted by Crippen LogP contribution is -2.47. The Hall–Kier alpha value is -1.86. The summed E-state index contributed by atoms with van der Waals surface area (Å²) in [6.45, 7) is 4.79. The molecule has 0 radical (unpaired) electrons. The van der Waals surface area contributed by atoms with Crippen LogP contribution in [0.4, 0.5) is 0 Å². The minimum Gasteiger partial charge on any atom is -0.394 e. The number of aryl methyl sites for hydroxylation is 1. The average molecular weight is 486 g/mol. The second kappa shape index (κ2) is 10.8. The van der Waals surface area contributed by atoms with Crippen LogP contribution in [-0.4, -0.2) is 82.5 Å². The van der Waals surface area contributed by atoms with Gasteiger partial charge in [0.25, 0.3) is 10.0 Å². The summed E-state index contributed by atoms with van der Waals surface area (Å²) in [4.78, 5) is 14.6. The molecule has 0 fully saturated rings. The van der Waals surface area contributed by atoms with E-state index in [1.54, 1.807) is 40.2 Å². The third-order valence-corrected chi connectivity index (χ3v) is 8.84. The van der Waals surface area contributed by atoms with Crippen molar-refractivity contribution < 1.29 is 23.1 Å². The summed E-state index contributed by atoms with van der Waals surface area (Å²) < 4.78 is 35.2. The van der Waals surface area contributed by atoms with Gasteiger partial charge in [-0.05, 0) is 24.8 Å². The van der Waals surface area contributed by atoms with Crippen LogP contribution in [0.15, 0.2) is 27.9 Å². The summed E-state index contributed by atoms with van der Waals surface area (Å²) in [5.74, 6) is -0.249. The summed E-state index contributed by atoms with van der Waals surface area (Å²) in [7, 11) is -2.11. The van der Waals surface area contributed by atoms with Crippen LogP contribution in [-0.2, 0) is 32.7 Å². The van der Waals surface area contributed by atoms with E-state index in [1.165, 1.54) is 22.7 Å². The van der Waals surface area contributed by atoms with Gasteiger partial charge in [0.1, 0.15) is 9.90 Å². The molecule has 1 amide bonds. The predicted octanol–water partition coefficient (Wildman–Crippen LogP) is 1.18. The van der Waals surface area contributed by atoms with Crippen molar-refractivity contribution >= 4 is 27.3 Å². The van der Waals surface area contributed by atoms with E-state index in [0.29, 0.717) is 31.6 Å². The summed E-state index contributed by atoms with van der Waals surface area (Å²) in [6, 6.07) is 2.93. The maximum absolute atomic E-state index is 12.9. The van der Waals surface area contributed by atoms with Gasteiger partial charge in [0.2, 0.25) is 5.91 Å². The second-order valence-electron chi connectivity index (χ2n) is 8.20. The fraction of sp³-hybridized carbons (Fsp3) is 0.650. The molecule has 1 N–H and O–H groups in total. The lowest BCUT2D eigenvalue weighted by atomic mass is 10.0. The Morgan fingerprint density at radius 2 is 2.22 bits per heavy atom. The molecule has 10 nitrogen and oxygen atoms in total. The van der Waals surface area contributed by atoms with Gasteiger partial charge in [-0.25, -0.2) is 8.42 Å². The topological polar surface area (TPSA) is 118 Å². The van der Waals surface area contributed by atoms with Crippen LogP contribution < -0.4 is 0 Å². The summed E-state index contributed by atoms with van der Waals surface area (Å²) >= 11 is 1.17. The lowest BCUT2D eigenvalue weighted by Gasteiger charge is -2.35. The first-order chi connectivity index (χ1) is 15.2. The molecule has 3 rings (SSSR count). The van der Waals surface area contributed by atoms with Crippen molar-refractivity contribution in [3.8, 4) is 0 Å². The van der Waals surface area contributed by atoms with Crippen LogP contribution >= 0.6 is 11.3 Å². The number of nitrogens with zero attached hydrogens (tertiary/aromatic N) is 5. The number of hydrogen-bond acceptors (Lipinski definition) is 8. The third kappa shape index (κ3) is 5.93. The highest BCUT2D eigenvalue weighted by molar-refractivity contribution is 7.91. The van der Waals surface area contributed by atoms with Gasteiger partial charge < -0.3 is 14.7 Å². The zero-order chi connectivity index (χ0) is 23.3. The molecule has 0 spiro atoms. The highest BCUT2D eigenvalue weighted by Gasteiger charge is 2.31. The average Bonchev–Trinajstić information content (AvgIpc) is 3.46. The zero-order valence-electron chi connectivity index (χ0n) is 18.6. The van der Waals surface area contributed by atoms with Crippen LogP contribution in [0.25, 0.3) is 0 Å². The molecule has 3 atom stereocenters. The highest BCUT2D eigenvalue weighted by atomic mass is 32.2. The fourth-order valence-electron chi connectivity index (χ4n) is 3.61. The maximum atomic E-state index is 12.9. The molecule has 0 saturated carbocycles. The third-order valence-electron chi connectivity index (χ3n) is 5.64. The number of aliphatic hydroxyl groups excluding tert-OH is 1. The molecule has 32 heavy (non-hydrogen) atoms. The van der Waals surface area contributed by atoms with E-state index in [9.17, 15) is 18.3 Å². The normalized spacial score (nSPS) is 22.3. The van der Waals surface area contributed by atoms with Crippen molar-refractivity contribution in [2.24, 2.45) is 5.92 Å². The number of rotatable bonds is 6. The van der Waals surface area contributed by atoms with Crippen molar-refractivity contribution in [2.45, 2.75) is 56.2 Å². The maximum Gasteiger partial charge on any atom is 0.252 e. The predicted molar refractivity (Wildman–Crippen MR) is 119 cm³/mol. The largest absolute Gasteiger partial charge is 0.394 e. The van der Waals surface area contributed by atoms with E-state index in [-0.39, 0.29) is 41.8 Å². The summed E-state index contributed by atoms with van der Waals surface area (Å²) in [5.41, 5.74) is 0.650. The number of aromatic nitrogens is 3. The molecule has 0 aromatic carbocycles. The molecule has 2 bridgehead atoms. The number of ether oxygens (including phenoxy) is 1. The van der Waals surface area contributed by atoms with Crippen LogP contribution in [0.1, 0.15) is 32.4 Å². The van der Waals surface area contributed by atoms with E-state index in [0.717, 1.165) is 0 Å².